The van der Waals surface area contributed by atoms with E-state index >= 15 is 0 Å². The van der Waals surface area contributed by atoms with Crippen LogP contribution in [0.5, 0.6) is 0 Å². The average Bonchev–Trinajstić information content (AvgIpc) is 3.35. The van der Waals surface area contributed by atoms with Crippen molar-refractivity contribution in [1.82, 2.24) is 25.4 Å². The molecule has 0 aliphatic heterocycles. The third kappa shape index (κ3) is 5.52. The molecule has 140 valence electrons. The van der Waals surface area contributed by atoms with E-state index in [1.165, 1.54) is 9.75 Å². The smallest absolute Gasteiger partial charge is 0.192 e. The zero-order valence-corrected chi connectivity index (χ0v) is 18.9. The number of aliphatic imine (C=N–C) groups is 1. The monoisotopic (exact) mass is 502 g/mol. The minimum atomic E-state index is 0. The van der Waals surface area contributed by atoms with E-state index in [1.54, 1.807) is 22.7 Å². The number of thiophene rings is 2. The largest absolute Gasteiger partial charge is 0.351 e. The normalized spacial score (nSPS) is 12.5. The number of hydrogen-bond donors (Lipinski definition) is 2. The molecule has 0 bridgehead atoms. The van der Waals surface area contributed by atoms with Crippen molar-refractivity contribution >= 4 is 52.6 Å². The van der Waals surface area contributed by atoms with Crippen molar-refractivity contribution in [1.29, 1.82) is 0 Å². The molecule has 1 atom stereocenters. The lowest BCUT2D eigenvalue weighted by Crippen LogP contribution is -2.38. The fraction of sp³-hybridized carbons (Fsp3) is 0.353. The maximum Gasteiger partial charge on any atom is 0.192 e. The summed E-state index contributed by atoms with van der Waals surface area (Å²) in [6, 6.07) is 8.56. The third-order valence-electron chi connectivity index (χ3n) is 3.89. The number of rotatable bonds is 6. The van der Waals surface area contributed by atoms with Crippen LogP contribution < -0.4 is 10.6 Å². The molecule has 3 rings (SSSR count). The molecule has 0 amide bonds. The van der Waals surface area contributed by atoms with E-state index in [0.29, 0.717) is 6.54 Å². The van der Waals surface area contributed by atoms with E-state index in [-0.39, 0.29) is 30.0 Å². The highest BCUT2D eigenvalue weighted by Gasteiger charge is 2.10. The van der Waals surface area contributed by atoms with Gasteiger partial charge in [0.25, 0.3) is 0 Å². The number of guanidine groups is 1. The summed E-state index contributed by atoms with van der Waals surface area (Å²) >= 11 is 3.47. The highest BCUT2D eigenvalue weighted by Crippen LogP contribution is 2.18. The van der Waals surface area contributed by atoms with Crippen molar-refractivity contribution in [3.63, 3.8) is 0 Å². The van der Waals surface area contributed by atoms with Gasteiger partial charge >= 0.3 is 0 Å². The average molecular weight is 502 g/mol. The summed E-state index contributed by atoms with van der Waals surface area (Å²) in [6.07, 6.45) is 0. The number of aromatic nitrogens is 3. The highest BCUT2D eigenvalue weighted by atomic mass is 127. The van der Waals surface area contributed by atoms with Gasteiger partial charge in [-0.1, -0.05) is 12.1 Å². The molecule has 0 spiro atoms. The molecule has 9 heteroatoms. The third-order valence-corrected chi connectivity index (χ3v) is 5.83. The van der Waals surface area contributed by atoms with Crippen molar-refractivity contribution in [2.75, 3.05) is 0 Å². The van der Waals surface area contributed by atoms with Gasteiger partial charge in [-0.2, -0.15) is 0 Å². The molecule has 0 saturated heterocycles. The lowest BCUT2D eigenvalue weighted by Gasteiger charge is -2.17. The van der Waals surface area contributed by atoms with Crippen molar-refractivity contribution in [3.8, 4) is 0 Å². The van der Waals surface area contributed by atoms with Crippen LogP contribution in [0.4, 0.5) is 0 Å². The van der Waals surface area contributed by atoms with E-state index in [0.717, 1.165) is 24.2 Å². The van der Waals surface area contributed by atoms with E-state index in [2.05, 4.69) is 62.8 Å². The molecule has 1 unspecified atom stereocenters. The Balaban J connectivity index is 0.00000243. The predicted octanol–water partition coefficient (Wildman–Crippen LogP) is 3.86. The van der Waals surface area contributed by atoms with Gasteiger partial charge in [-0.3, -0.25) is 0 Å². The summed E-state index contributed by atoms with van der Waals surface area (Å²) in [5.74, 6) is 2.51. The Morgan fingerprint density at radius 2 is 2.00 bits per heavy atom. The van der Waals surface area contributed by atoms with E-state index in [1.807, 2.05) is 18.5 Å². The molecule has 3 aromatic rings. The Bertz CT molecular complexity index is 811. The van der Waals surface area contributed by atoms with Gasteiger partial charge in [0.1, 0.15) is 12.4 Å². The zero-order chi connectivity index (χ0) is 17.6. The summed E-state index contributed by atoms with van der Waals surface area (Å²) in [6.45, 7) is 5.31. The lowest BCUT2D eigenvalue weighted by atomic mass is 10.3. The van der Waals surface area contributed by atoms with Gasteiger partial charge in [0.2, 0.25) is 0 Å². The number of hydrogen-bond acceptors (Lipinski definition) is 5. The summed E-state index contributed by atoms with van der Waals surface area (Å²) < 4.78 is 1.96. The van der Waals surface area contributed by atoms with Crippen molar-refractivity contribution < 1.29 is 0 Å². The molecule has 26 heavy (non-hydrogen) atoms. The maximum absolute atomic E-state index is 4.70. The van der Waals surface area contributed by atoms with Crippen LogP contribution in [0, 0.1) is 6.92 Å². The second-order valence-corrected chi connectivity index (χ2v) is 7.71. The summed E-state index contributed by atoms with van der Waals surface area (Å²) in [5, 5.41) is 19.3. The van der Waals surface area contributed by atoms with Crippen LogP contribution in [0.15, 0.2) is 40.0 Å². The molecule has 0 aliphatic rings. The first-order valence-corrected chi connectivity index (χ1v) is 9.85. The standard InChI is InChI=1S/C17H22N6S2.HI/c1-12(15-7-5-9-25-15)20-17(18-10-14-6-4-8-24-14)19-11-16-22-21-13(2)23(16)3;/h4-9,12H,10-11H2,1-3H3,(H2,18,19,20);1H. The van der Waals surface area contributed by atoms with E-state index in [4.69, 9.17) is 4.99 Å². The van der Waals surface area contributed by atoms with Crippen LogP contribution in [0.1, 0.15) is 34.4 Å². The van der Waals surface area contributed by atoms with Crippen LogP contribution in [-0.2, 0) is 20.1 Å². The van der Waals surface area contributed by atoms with Crippen LogP contribution in [-0.4, -0.2) is 20.7 Å². The number of nitrogens with one attached hydrogen (secondary N) is 2. The Labute approximate surface area is 178 Å². The van der Waals surface area contributed by atoms with Crippen LogP contribution in [0.25, 0.3) is 0 Å². The van der Waals surface area contributed by atoms with Crippen molar-refractivity contribution in [3.05, 3.63) is 56.4 Å². The minimum absolute atomic E-state index is 0. The van der Waals surface area contributed by atoms with Gasteiger partial charge < -0.3 is 15.2 Å². The molecular weight excluding hydrogens is 479 g/mol. The quantitative estimate of drug-likeness (QED) is 0.305. The van der Waals surface area contributed by atoms with Crippen LogP contribution >= 0.6 is 46.7 Å². The molecular formula is C17H23IN6S2. The number of halogens is 1. The Kier molecular flexibility index (Phi) is 8.04. The maximum atomic E-state index is 4.70. The molecule has 0 fully saturated rings. The Hall–Kier alpha value is -1.46. The molecule has 0 aliphatic carbocycles. The molecule has 2 N–H and O–H groups in total. The van der Waals surface area contributed by atoms with Crippen molar-refractivity contribution in [2.24, 2.45) is 12.0 Å². The first kappa shape index (κ1) is 20.8. The zero-order valence-electron chi connectivity index (χ0n) is 15.0. The van der Waals surface area contributed by atoms with Gasteiger partial charge in [-0.15, -0.1) is 56.8 Å². The Morgan fingerprint density at radius 1 is 1.23 bits per heavy atom. The van der Waals surface area contributed by atoms with Gasteiger partial charge in [-0.05, 0) is 36.7 Å². The summed E-state index contributed by atoms with van der Waals surface area (Å²) in [7, 11) is 1.96. The van der Waals surface area contributed by atoms with Crippen LogP contribution in [0.3, 0.4) is 0 Å². The van der Waals surface area contributed by atoms with E-state index in [9.17, 15) is 0 Å². The lowest BCUT2D eigenvalue weighted by molar-refractivity contribution is 0.687. The van der Waals surface area contributed by atoms with Crippen LogP contribution in [0.2, 0.25) is 0 Å². The number of nitrogens with zero attached hydrogens (tertiary/aromatic N) is 4. The van der Waals surface area contributed by atoms with Gasteiger partial charge in [0.15, 0.2) is 11.8 Å². The predicted molar refractivity (Wildman–Crippen MR) is 119 cm³/mol. The molecule has 0 saturated carbocycles. The SMILES string of the molecule is Cc1nnc(CN=C(NCc2cccs2)NC(C)c2cccs2)n1C.I. The van der Waals surface area contributed by atoms with Crippen molar-refractivity contribution in [2.45, 2.75) is 33.0 Å². The second-order valence-electron chi connectivity index (χ2n) is 5.70. The second kappa shape index (κ2) is 10.0. The molecule has 6 nitrogen and oxygen atoms in total. The fourth-order valence-electron chi connectivity index (χ4n) is 2.29. The molecule has 3 heterocycles. The molecule has 3 aromatic heterocycles. The van der Waals surface area contributed by atoms with E-state index < -0.39 is 0 Å². The summed E-state index contributed by atoms with van der Waals surface area (Å²) in [5.41, 5.74) is 0. The fourth-order valence-corrected chi connectivity index (χ4v) is 3.67. The summed E-state index contributed by atoms with van der Waals surface area (Å²) in [4.78, 5) is 7.25. The topological polar surface area (TPSA) is 67.1 Å². The minimum Gasteiger partial charge on any atom is -0.351 e. The number of aryl methyl sites for hydroxylation is 1. The van der Waals surface area contributed by atoms with Gasteiger partial charge in [0.05, 0.1) is 12.6 Å². The first-order chi connectivity index (χ1) is 12.1. The molecule has 0 radical (unpaired) electrons. The Morgan fingerprint density at radius 3 is 2.62 bits per heavy atom. The highest BCUT2D eigenvalue weighted by molar-refractivity contribution is 14.0. The van der Waals surface area contributed by atoms with Gasteiger partial charge in [0, 0.05) is 16.8 Å². The van der Waals surface area contributed by atoms with Gasteiger partial charge in [-0.25, -0.2) is 4.99 Å². The molecule has 0 aromatic carbocycles. The first-order valence-electron chi connectivity index (χ1n) is 8.09.